The molecule has 0 spiro atoms. The van der Waals surface area contributed by atoms with Crippen LogP contribution in [0.4, 0.5) is 15.8 Å². The van der Waals surface area contributed by atoms with E-state index in [1.165, 1.54) is 12.3 Å². The Bertz CT molecular complexity index is 1200. The van der Waals surface area contributed by atoms with Crippen LogP contribution in [0.25, 0.3) is 11.1 Å². The van der Waals surface area contributed by atoms with Gasteiger partial charge in [-0.25, -0.2) is 4.39 Å². The topological polar surface area (TPSA) is 57.1 Å². The molecule has 0 atom stereocenters. The summed E-state index contributed by atoms with van der Waals surface area (Å²) in [6.45, 7) is 4.30. The van der Waals surface area contributed by atoms with Crippen molar-refractivity contribution < 1.29 is 14.2 Å². The maximum absolute atomic E-state index is 14.3. The van der Waals surface area contributed by atoms with Crippen LogP contribution in [0.15, 0.2) is 52.0 Å². The fourth-order valence-electron chi connectivity index (χ4n) is 3.71. The molecule has 0 saturated carbocycles. The van der Waals surface area contributed by atoms with Crippen LogP contribution in [0, 0.1) is 12.7 Å². The molecule has 1 fully saturated rings. The third-order valence-electron chi connectivity index (χ3n) is 5.39. The number of rotatable bonds is 5. The smallest absolute Gasteiger partial charge is 0.146 e. The molecule has 4 rings (SSSR count). The number of ether oxygens (including phenoxy) is 1. The highest BCUT2D eigenvalue weighted by molar-refractivity contribution is 9.10. The van der Waals surface area contributed by atoms with E-state index in [0.29, 0.717) is 58.3 Å². The molecule has 33 heavy (non-hydrogen) atoms. The number of phenolic OH excluding ortho intramolecular Hbond substituents is 1. The molecule has 2 N–H and O–H groups in total. The highest BCUT2D eigenvalue weighted by Gasteiger charge is 2.20. The number of nitrogens with one attached hydrogen (secondary N) is 1. The number of aryl methyl sites for hydroxylation is 1. The highest BCUT2D eigenvalue weighted by Crippen LogP contribution is 2.45. The van der Waals surface area contributed by atoms with Gasteiger partial charge >= 0.3 is 0 Å². The van der Waals surface area contributed by atoms with Crippen molar-refractivity contribution in [3.63, 3.8) is 0 Å². The van der Waals surface area contributed by atoms with E-state index in [4.69, 9.17) is 27.9 Å². The zero-order valence-corrected chi connectivity index (χ0v) is 20.8. The van der Waals surface area contributed by atoms with Crippen LogP contribution in [0.1, 0.15) is 11.1 Å². The maximum atomic E-state index is 14.3. The predicted octanol–water partition coefficient (Wildman–Crippen LogP) is 6.86. The first-order valence-corrected chi connectivity index (χ1v) is 11.8. The van der Waals surface area contributed by atoms with Crippen LogP contribution in [-0.2, 0) is 4.74 Å². The van der Waals surface area contributed by atoms with Crippen LogP contribution in [0.5, 0.6) is 5.75 Å². The molecule has 1 aliphatic heterocycles. The van der Waals surface area contributed by atoms with E-state index in [0.717, 1.165) is 11.1 Å². The van der Waals surface area contributed by atoms with E-state index in [-0.39, 0.29) is 16.6 Å². The molecule has 3 aromatic rings. The number of hydrogen-bond acceptors (Lipinski definition) is 5. The predicted molar refractivity (Wildman–Crippen MR) is 137 cm³/mol. The standard InChI is InChI=1S/C24H21BrCl2FN3O2/c1-14-3-2-4-18(26)21(14)22-17(25)11-15(24(32)23(22)27)13-29-30-16-5-6-19(28)20(12-16)31-7-9-33-10-8-31/h2-6,11-13,30,32H,7-10H2,1H3/b29-13-. The molecule has 0 aromatic heterocycles. The van der Waals surface area contributed by atoms with E-state index < -0.39 is 0 Å². The number of nitrogens with zero attached hydrogens (tertiary/aromatic N) is 2. The number of phenols is 1. The van der Waals surface area contributed by atoms with Gasteiger partial charge < -0.3 is 14.7 Å². The van der Waals surface area contributed by atoms with E-state index in [1.807, 2.05) is 24.0 Å². The number of aromatic hydroxyl groups is 1. The molecule has 1 aliphatic rings. The molecular weight excluding hydrogens is 532 g/mol. The second-order valence-electron chi connectivity index (χ2n) is 7.55. The largest absolute Gasteiger partial charge is 0.506 e. The second kappa shape index (κ2) is 10.3. The minimum Gasteiger partial charge on any atom is -0.506 e. The normalized spacial score (nSPS) is 14.2. The first-order chi connectivity index (χ1) is 15.9. The molecule has 0 radical (unpaired) electrons. The fourth-order valence-corrected chi connectivity index (χ4v) is 5.09. The molecule has 1 heterocycles. The summed E-state index contributed by atoms with van der Waals surface area (Å²) in [6, 6.07) is 12.0. The number of hydrogen-bond donors (Lipinski definition) is 2. The average Bonchev–Trinajstić information content (AvgIpc) is 2.80. The zero-order valence-electron chi connectivity index (χ0n) is 17.7. The van der Waals surface area contributed by atoms with Gasteiger partial charge in [0.25, 0.3) is 0 Å². The maximum Gasteiger partial charge on any atom is 0.146 e. The fraction of sp³-hybridized carbons (Fsp3) is 0.208. The van der Waals surface area contributed by atoms with Gasteiger partial charge in [-0.15, -0.1) is 0 Å². The van der Waals surface area contributed by atoms with Crippen molar-refractivity contribution in [1.29, 1.82) is 0 Å². The van der Waals surface area contributed by atoms with Crippen LogP contribution >= 0.6 is 39.1 Å². The summed E-state index contributed by atoms with van der Waals surface area (Å²) in [4.78, 5) is 1.94. The SMILES string of the molecule is Cc1cccc(Cl)c1-c1c(Br)cc(/C=N\Nc2ccc(F)c(N3CCOCC3)c2)c(O)c1Cl. The Balaban J connectivity index is 1.58. The summed E-state index contributed by atoms with van der Waals surface area (Å²) >= 11 is 16.5. The van der Waals surface area contributed by atoms with Gasteiger partial charge in [0.2, 0.25) is 0 Å². The molecule has 0 aliphatic carbocycles. The summed E-state index contributed by atoms with van der Waals surface area (Å²) in [5, 5.41) is 15.6. The van der Waals surface area contributed by atoms with Gasteiger partial charge in [-0.05, 0) is 42.8 Å². The van der Waals surface area contributed by atoms with Crippen molar-refractivity contribution in [3.05, 3.63) is 73.9 Å². The van der Waals surface area contributed by atoms with Crippen molar-refractivity contribution >= 4 is 56.7 Å². The molecule has 1 saturated heterocycles. The number of morpholine rings is 1. The van der Waals surface area contributed by atoms with Crippen molar-refractivity contribution in [2.75, 3.05) is 36.6 Å². The molecule has 5 nitrogen and oxygen atoms in total. The lowest BCUT2D eigenvalue weighted by atomic mass is 9.98. The van der Waals surface area contributed by atoms with Gasteiger partial charge in [-0.1, -0.05) is 51.3 Å². The van der Waals surface area contributed by atoms with Crippen molar-refractivity contribution in [3.8, 4) is 16.9 Å². The second-order valence-corrected chi connectivity index (χ2v) is 9.19. The Morgan fingerprint density at radius 3 is 2.64 bits per heavy atom. The van der Waals surface area contributed by atoms with Crippen LogP contribution in [0.2, 0.25) is 10.0 Å². The lowest BCUT2D eigenvalue weighted by molar-refractivity contribution is 0.122. The number of benzene rings is 3. The first-order valence-electron chi connectivity index (χ1n) is 10.2. The number of halogens is 4. The van der Waals surface area contributed by atoms with E-state index in [2.05, 4.69) is 26.5 Å². The summed E-state index contributed by atoms with van der Waals surface area (Å²) in [5.41, 5.74) is 6.68. The first kappa shape index (κ1) is 23.8. The highest BCUT2D eigenvalue weighted by atomic mass is 79.9. The molecular formula is C24H21BrCl2FN3O2. The molecule has 0 unspecified atom stereocenters. The number of hydrazone groups is 1. The van der Waals surface area contributed by atoms with Crippen molar-refractivity contribution in [2.24, 2.45) is 5.10 Å². The average molecular weight is 553 g/mol. The molecule has 3 aromatic carbocycles. The van der Waals surface area contributed by atoms with Gasteiger partial charge in [0.15, 0.2) is 0 Å². The van der Waals surface area contributed by atoms with Gasteiger partial charge in [-0.2, -0.15) is 5.10 Å². The quantitative estimate of drug-likeness (QED) is 0.268. The molecule has 0 bridgehead atoms. The summed E-state index contributed by atoms with van der Waals surface area (Å²) in [5.74, 6) is -0.418. The minimum atomic E-state index is -0.301. The van der Waals surface area contributed by atoms with E-state index in [9.17, 15) is 9.50 Å². The van der Waals surface area contributed by atoms with Gasteiger partial charge in [0.05, 0.1) is 35.8 Å². The summed E-state index contributed by atoms with van der Waals surface area (Å²) in [7, 11) is 0. The number of anilines is 2. The Morgan fingerprint density at radius 2 is 1.91 bits per heavy atom. The van der Waals surface area contributed by atoms with Gasteiger partial charge in [0.1, 0.15) is 11.6 Å². The molecule has 172 valence electrons. The monoisotopic (exact) mass is 551 g/mol. The van der Waals surface area contributed by atoms with Crippen molar-refractivity contribution in [1.82, 2.24) is 0 Å². The van der Waals surface area contributed by atoms with E-state index >= 15 is 0 Å². The van der Waals surface area contributed by atoms with Crippen LogP contribution < -0.4 is 10.3 Å². The molecule has 9 heteroatoms. The van der Waals surface area contributed by atoms with Gasteiger partial charge in [0, 0.05) is 39.3 Å². The van der Waals surface area contributed by atoms with Crippen LogP contribution in [-0.4, -0.2) is 37.6 Å². The summed E-state index contributed by atoms with van der Waals surface area (Å²) < 4.78 is 20.3. The lowest BCUT2D eigenvalue weighted by Gasteiger charge is -2.29. The van der Waals surface area contributed by atoms with Crippen LogP contribution in [0.3, 0.4) is 0 Å². The van der Waals surface area contributed by atoms with Crippen molar-refractivity contribution in [2.45, 2.75) is 6.92 Å². The third kappa shape index (κ3) is 5.11. The Hall–Kier alpha value is -2.32. The Morgan fingerprint density at radius 1 is 1.15 bits per heavy atom. The summed E-state index contributed by atoms with van der Waals surface area (Å²) in [6.07, 6.45) is 1.45. The Kier molecular flexibility index (Phi) is 7.44. The van der Waals surface area contributed by atoms with E-state index in [1.54, 1.807) is 24.3 Å². The molecule has 0 amide bonds. The lowest BCUT2D eigenvalue weighted by Crippen LogP contribution is -2.36. The third-order valence-corrected chi connectivity index (χ3v) is 6.70. The zero-order chi connectivity index (χ0) is 23.5. The van der Waals surface area contributed by atoms with Gasteiger partial charge in [-0.3, -0.25) is 5.43 Å². The Labute approximate surface area is 209 Å². The minimum absolute atomic E-state index is 0.118.